The van der Waals surface area contributed by atoms with Gasteiger partial charge in [0.2, 0.25) is 5.60 Å². The normalized spacial score (nSPS) is 13.5. The first kappa shape index (κ1) is 22.0. The maximum Gasteiger partial charge on any atom is 0.346 e. The molecule has 0 aliphatic heterocycles. The van der Waals surface area contributed by atoms with Crippen molar-refractivity contribution in [2.45, 2.75) is 18.3 Å². The molecule has 0 saturated heterocycles. The first-order valence-electron chi connectivity index (χ1n) is 9.64. The van der Waals surface area contributed by atoms with E-state index in [1.165, 1.54) is 7.11 Å². The Morgan fingerprint density at radius 3 is 2.19 bits per heavy atom. The van der Waals surface area contributed by atoms with Crippen LogP contribution < -0.4 is 4.74 Å². The average molecular weight is 417 g/mol. The van der Waals surface area contributed by atoms with E-state index in [4.69, 9.17) is 19.5 Å². The molecule has 1 N–H and O–H groups in total. The Kier molecular flexibility index (Phi) is 7.03. The maximum absolute atomic E-state index is 13.1. The van der Waals surface area contributed by atoms with Crippen molar-refractivity contribution in [2.24, 2.45) is 0 Å². The molecule has 31 heavy (non-hydrogen) atoms. The number of esters is 1. The molecule has 0 radical (unpaired) electrons. The van der Waals surface area contributed by atoms with E-state index < -0.39 is 17.7 Å². The van der Waals surface area contributed by atoms with Crippen LogP contribution in [0.25, 0.3) is 0 Å². The molecule has 3 aromatic carbocycles. The smallest absolute Gasteiger partial charge is 0.346 e. The number of ether oxygens (including phenoxy) is 3. The van der Waals surface area contributed by atoms with Gasteiger partial charge < -0.3 is 19.3 Å². The lowest BCUT2D eigenvalue weighted by Gasteiger charge is -2.36. The fourth-order valence-electron chi connectivity index (χ4n) is 3.34. The number of benzene rings is 3. The van der Waals surface area contributed by atoms with Gasteiger partial charge in [-0.15, -0.1) is 0 Å². The number of hydrogen-bond acceptors (Lipinski definition) is 6. The maximum atomic E-state index is 13.1. The summed E-state index contributed by atoms with van der Waals surface area (Å²) in [5.74, 6) is -0.0345. The largest absolute Gasteiger partial charge is 0.497 e. The van der Waals surface area contributed by atoms with Crippen molar-refractivity contribution in [3.05, 3.63) is 101 Å². The van der Waals surface area contributed by atoms with Crippen molar-refractivity contribution < 1.29 is 24.1 Å². The lowest BCUT2D eigenvalue weighted by molar-refractivity contribution is -0.194. The highest BCUT2D eigenvalue weighted by atomic mass is 16.6. The van der Waals surface area contributed by atoms with Crippen LogP contribution in [-0.2, 0) is 26.5 Å². The summed E-state index contributed by atoms with van der Waals surface area (Å²) in [4.78, 5) is 13.1. The predicted octanol–water partition coefficient (Wildman–Crippen LogP) is 3.89. The third kappa shape index (κ3) is 4.58. The lowest BCUT2D eigenvalue weighted by atomic mass is 9.83. The average Bonchev–Trinajstić information content (AvgIpc) is 2.85. The van der Waals surface area contributed by atoms with E-state index in [2.05, 4.69) is 0 Å². The third-order valence-electron chi connectivity index (χ3n) is 5.06. The van der Waals surface area contributed by atoms with E-state index in [0.717, 1.165) is 5.56 Å². The number of methoxy groups -OCH3 is 2. The van der Waals surface area contributed by atoms with Crippen LogP contribution in [0.4, 0.5) is 0 Å². The number of carbonyl (C=O) groups excluding carboxylic acids is 1. The Bertz CT molecular complexity index is 1040. The van der Waals surface area contributed by atoms with Gasteiger partial charge in [0, 0.05) is 0 Å². The van der Waals surface area contributed by atoms with Crippen molar-refractivity contribution in [1.29, 1.82) is 5.26 Å². The van der Waals surface area contributed by atoms with Gasteiger partial charge in [0.25, 0.3) is 0 Å². The van der Waals surface area contributed by atoms with Crippen LogP contribution in [-0.4, -0.2) is 25.3 Å². The Morgan fingerprint density at radius 2 is 1.65 bits per heavy atom. The summed E-state index contributed by atoms with van der Waals surface area (Å²) in [6.07, 6.45) is -1.38. The van der Waals surface area contributed by atoms with Crippen molar-refractivity contribution >= 4 is 5.97 Å². The molecule has 0 heterocycles. The topological polar surface area (TPSA) is 88.8 Å². The summed E-state index contributed by atoms with van der Waals surface area (Å²) in [6.45, 7) is 0.0430. The van der Waals surface area contributed by atoms with Crippen LogP contribution in [0.2, 0.25) is 0 Å². The first-order valence-corrected chi connectivity index (χ1v) is 9.64. The van der Waals surface area contributed by atoms with Gasteiger partial charge in [-0.1, -0.05) is 54.6 Å². The minimum atomic E-state index is -1.82. The summed E-state index contributed by atoms with van der Waals surface area (Å²) in [7, 11) is 2.83. The molecule has 0 unspecified atom stereocenters. The molecular weight excluding hydrogens is 394 g/mol. The highest BCUT2D eigenvalue weighted by molar-refractivity contribution is 5.82. The fraction of sp³-hybridized carbons (Fsp3) is 0.200. The zero-order valence-corrected chi connectivity index (χ0v) is 17.3. The number of nitrogens with zero attached hydrogens (tertiary/aromatic N) is 1. The third-order valence-corrected chi connectivity index (χ3v) is 5.06. The molecular formula is C25H23NO5. The van der Waals surface area contributed by atoms with Gasteiger partial charge in [-0.25, -0.2) is 4.79 Å². The van der Waals surface area contributed by atoms with Crippen molar-refractivity contribution in [3.63, 3.8) is 0 Å². The van der Waals surface area contributed by atoms with Crippen LogP contribution in [0.15, 0.2) is 78.9 Å². The van der Waals surface area contributed by atoms with Crippen molar-refractivity contribution in [2.75, 3.05) is 14.2 Å². The van der Waals surface area contributed by atoms with E-state index in [0.29, 0.717) is 22.4 Å². The number of aliphatic hydroxyl groups excluding tert-OH is 1. The summed E-state index contributed by atoms with van der Waals surface area (Å²) < 4.78 is 16.4. The van der Waals surface area contributed by atoms with Crippen molar-refractivity contribution in [3.8, 4) is 11.8 Å². The van der Waals surface area contributed by atoms with Crippen LogP contribution in [0.3, 0.4) is 0 Å². The summed E-state index contributed by atoms with van der Waals surface area (Å²) >= 11 is 0. The molecule has 0 saturated carbocycles. The number of carbonyl (C=O) groups is 1. The number of hydrogen-bond donors (Lipinski definition) is 1. The summed E-state index contributed by atoms with van der Waals surface area (Å²) in [5.41, 5.74) is 0.287. The fourth-order valence-corrected chi connectivity index (χ4v) is 3.34. The van der Waals surface area contributed by atoms with Crippen LogP contribution in [0, 0.1) is 11.3 Å². The summed E-state index contributed by atoms with van der Waals surface area (Å²) in [5, 5.41) is 20.4. The van der Waals surface area contributed by atoms with Gasteiger partial charge in [0.15, 0.2) is 0 Å². The standard InChI is InChI=1S/C25H23NO5/c1-29-22-14-10-19(11-15-22)17-31-25(24(28)30-2,21-6-4-3-5-7-21)23(27)20-12-8-18(16-26)9-13-20/h3-15,23,27H,17H2,1-2H3/t23-,25-/m0/s1. The second-order valence-electron chi connectivity index (χ2n) is 6.87. The van der Waals surface area contributed by atoms with Gasteiger partial charge >= 0.3 is 5.97 Å². The minimum Gasteiger partial charge on any atom is -0.497 e. The Morgan fingerprint density at radius 1 is 1.00 bits per heavy atom. The number of nitriles is 1. The van der Waals surface area contributed by atoms with Gasteiger partial charge in [-0.3, -0.25) is 0 Å². The van der Waals surface area contributed by atoms with E-state index in [9.17, 15) is 9.90 Å². The SMILES string of the molecule is COC(=O)[C@](OCc1ccc(OC)cc1)(c1ccccc1)[C@@H](O)c1ccc(C#N)cc1. The van der Waals surface area contributed by atoms with Crippen LogP contribution in [0.5, 0.6) is 5.75 Å². The molecule has 0 fully saturated rings. The van der Waals surface area contributed by atoms with E-state index in [1.807, 2.05) is 24.3 Å². The highest BCUT2D eigenvalue weighted by Gasteiger charge is 2.50. The molecule has 0 aliphatic carbocycles. The zero-order valence-electron chi connectivity index (χ0n) is 17.3. The Hall–Kier alpha value is -3.66. The molecule has 3 rings (SSSR count). The van der Waals surface area contributed by atoms with Crippen molar-refractivity contribution in [1.82, 2.24) is 0 Å². The van der Waals surface area contributed by atoms with E-state index in [1.54, 1.807) is 67.8 Å². The molecule has 158 valence electrons. The molecule has 0 amide bonds. The molecule has 2 atom stereocenters. The van der Waals surface area contributed by atoms with E-state index in [-0.39, 0.29) is 6.61 Å². The Labute approximate surface area is 181 Å². The van der Waals surface area contributed by atoms with Crippen LogP contribution in [0.1, 0.15) is 28.4 Å². The molecule has 6 nitrogen and oxygen atoms in total. The minimum absolute atomic E-state index is 0.0430. The molecule has 0 bridgehead atoms. The van der Waals surface area contributed by atoms with Gasteiger partial charge in [0.1, 0.15) is 11.9 Å². The predicted molar refractivity (Wildman–Crippen MR) is 114 cm³/mol. The molecule has 0 aromatic heterocycles. The quantitative estimate of drug-likeness (QED) is 0.560. The van der Waals surface area contributed by atoms with Gasteiger partial charge in [-0.05, 0) is 41.0 Å². The second-order valence-corrected chi connectivity index (χ2v) is 6.87. The van der Waals surface area contributed by atoms with Gasteiger partial charge in [-0.2, -0.15) is 5.26 Å². The Balaban J connectivity index is 2.05. The lowest BCUT2D eigenvalue weighted by Crippen LogP contribution is -2.45. The first-order chi connectivity index (χ1) is 15.0. The summed E-state index contributed by atoms with van der Waals surface area (Å²) in [6, 6.07) is 24.3. The molecule has 6 heteroatoms. The monoisotopic (exact) mass is 417 g/mol. The molecule has 0 spiro atoms. The number of rotatable bonds is 8. The van der Waals surface area contributed by atoms with E-state index >= 15 is 0 Å². The second kappa shape index (κ2) is 9.90. The van der Waals surface area contributed by atoms with Crippen LogP contribution >= 0.6 is 0 Å². The van der Waals surface area contributed by atoms with Gasteiger partial charge in [0.05, 0.1) is 32.5 Å². The molecule has 3 aromatic rings. The zero-order chi connectivity index (χ0) is 22.3. The number of aliphatic hydroxyl groups is 1. The highest BCUT2D eigenvalue weighted by Crippen LogP contribution is 2.41. The molecule has 0 aliphatic rings.